The number of amides is 3. The second kappa shape index (κ2) is 13.0. The Morgan fingerprint density at radius 3 is 2.54 bits per heavy atom. The Morgan fingerprint density at radius 2 is 1.85 bits per heavy atom. The first-order valence-corrected chi connectivity index (χ1v) is 13.3. The van der Waals surface area contributed by atoms with E-state index in [1.807, 2.05) is 4.90 Å². The molecule has 3 amide bonds. The Bertz CT molecular complexity index is 1430. The third-order valence-corrected chi connectivity index (χ3v) is 7.02. The van der Waals surface area contributed by atoms with Crippen molar-refractivity contribution in [3.8, 4) is 21.7 Å². The minimum atomic E-state index is -4.94. The molecule has 0 spiro atoms. The van der Waals surface area contributed by atoms with Gasteiger partial charge in [-0.2, -0.15) is 13.2 Å². The number of carbonyl (C=O) groups excluding carboxylic acids is 2. The molecule has 1 aliphatic heterocycles. The molecule has 0 atom stereocenters. The number of rotatable bonds is 9. The van der Waals surface area contributed by atoms with Crippen LogP contribution in [-0.2, 0) is 10.9 Å². The standard InChI is InChI=1S/C25H26F3N7O5S/c1-2-30-24(39)33-18-10-16(17(13-32-18)14-9-15(23(37)38)12-29-11-14)22-34-20(25(26,27)28)19(41-22)21(36)31-3-4-35-5-7-40-8-6-35/h9-13H,2-8H2,1H3,(H,31,36)(H,37,38)(H2,30,32,33,39). The number of carboxylic acids is 1. The van der Waals surface area contributed by atoms with Gasteiger partial charge < -0.3 is 20.5 Å². The predicted molar refractivity (Wildman–Crippen MR) is 143 cm³/mol. The zero-order chi connectivity index (χ0) is 29.6. The summed E-state index contributed by atoms with van der Waals surface area (Å²) in [6, 6.07) is 1.99. The van der Waals surface area contributed by atoms with Gasteiger partial charge in [0.25, 0.3) is 5.91 Å². The van der Waals surface area contributed by atoms with E-state index in [1.54, 1.807) is 6.92 Å². The van der Waals surface area contributed by atoms with Crippen LogP contribution in [0.4, 0.5) is 23.8 Å². The number of carbonyl (C=O) groups is 3. The maximum atomic E-state index is 14.0. The summed E-state index contributed by atoms with van der Waals surface area (Å²) in [5.41, 5.74) is -1.01. The largest absolute Gasteiger partial charge is 0.478 e. The number of hydrogen-bond acceptors (Lipinski definition) is 9. The van der Waals surface area contributed by atoms with Crippen molar-refractivity contribution in [1.82, 2.24) is 30.5 Å². The average Bonchev–Trinajstić information content (AvgIpc) is 3.40. The molecule has 4 N–H and O–H groups in total. The van der Waals surface area contributed by atoms with E-state index >= 15 is 0 Å². The minimum absolute atomic E-state index is 0.00248. The number of nitrogens with one attached hydrogen (secondary N) is 3. The van der Waals surface area contributed by atoms with Crippen molar-refractivity contribution in [2.45, 2.75) is 13.1 Å². The molecule has 0 bridgehead atoms. The monoisotopic (exact) mass is 593 g/mol. The van der Waals surface area contributed by atoms with Gasteiger partial charge >= 0.3 is 18.2 Å². The third kappa shape index (κ3) is 7.53. The summed E-state index contributed by atoms with van der Waals surface area (Å²) in [7, 11) is 0. The highest BCUT2D eigenvalue weighted by molar-refractivity contribution is 7.17. The fourth-order valence-corrected chi connectivity index (χ4v) is 5.00. The number of halogens is 3. The fourth-order valence-electron chi connectivity index (χ4n) is 3.97. The van der Waals surface area contributed by atoms with Gasteiger partial charge in [0.1, 0.15) is 15.7 Å². The number of hydrogen-bond donors (Lipinski definition) is 4. The molecule has 218 valence electrons. The Labute approximate surface area is 236 Å². The Kier molecular flexibility index (Phi) is 9.46. The molecule has 0 aliphatic carbocycles. The van der Waals surface area contributed by atoms with Crippen LogP contribution in [0, 0.1) is 0 Å². The van der Waals surface area contributed by atoms with Crippen molar-refractivity contribution < 1.29 is 37.4 Å². The van der Waals surface area contributed by atoms with Gasteiger partial charge in [-0.15, -0.1) is 11.3 Å². The second-order valence-electron chi connectivity index (χ2n) is 8.77. The average molecular weight is 594 g/mol. The molecule has 4 rings (SSSR count). The fraction of sp³-hybridized carbons (Fsp3) is 0.360. The maximum absolute atomic E-state index is 14.0. The number of carboxylic acid groups (broad SMARTS) is 1. The molecule has 1 aliphatic rings. The lowest BCUT2D eigenvalue weighted by atomic mass is 10.0. The number of aromatic carboxylic acids is 1. The van der Waals surface area contributed by atoms with Gasteiger partial charge in [-0.25, -0.2) is 19.6 Å². The van der Waals surface area contributed by atoms with E-state index in [-0.39, 0.29) is 39.6 Å². The molecule has 0 aromatic carbocycles. The van der Waals surface area contributed by atoms with Gasteiger partial charge in [0, 0.05) is 68.0 Å². The van der Waals surface area contributed by atoms with Crippen molar-refractivity contribution in [2.75, 3.05) is 51.3 Å². The van der Waals surface area contributed by atoms with Crippen LogP contribution in [0.5, 0.6) is 0 Å². The molecule has 12 nitrogen and oxygen atoms in total. The van der Waals surface area contributed by atoms with Crippen LogP contribution >= 0.6 is 11.3 Å². The molecule has 16 heteroatoms. The van der Waals surface area contributed by atoms with E-state index in [9.17, 15) is 32.7 Å². The summed E-state index contributed by atoms with van der Waals surface area (Å²) in [4.78, 5) is 49.7. The van der Waals surface area contributed by atoms with Gasteiger partial charge in [0.05, 0.1) is 18.8 Å². The van der Waals surface area contributed by atoms with Crippen LogP contribution in [-0.4, -0.2) is 88.8 Å². The molecule has 0 unspecified atom stereocenters. The predicted octanol–water partition coefficient (Wildman–Crippen LogP) is 3.19. The zero-order valence-electron chi connectivity index (χ0n) is 21.7. The second-order valence-corrected chi connectivity index (χ2v) is 9.77. The molecular formula is C25H26F3N7O5S. The number of thiazole rings is 1. The number of alkyl halides is 3. The molecular weight excluding hydrogens is 567 g/mol. The van der Waals surface area contributed by atoms with Crippen molar-refractivity contribution in [2.24, 2.45) is 0 Å². The van der Waals surface area contributed by atoms with E-state index < -0.39 is 34.7 Å². The normalized spacial score (nSPS) is 14.0. The van der Waals surface area contributed by atoms with Crippen LogP contribution in [0.3, 0.4) is 0 Å². The first-order chi connectivity index (χ1) is 19.6. The Balaban J connectivity index is 1.73. The molecule has 3 aromatic rings. The molecule has 0 radical (unpaired) electrons. The number of nitrogens with zero attached hydrogens (tertiary/aromatic N) is 4. The van der Waals surface area contributed by atoms with Crippen LogP contribution in [0.15, 0.2) is 30.7 Å². The summed E-state index contributed by atoms with van der Waals surface area (Å²) in [6.07, 6.45) is -1.24. The van der Waals surface area contributed by atoms with E-state index in [2.05, 4.69) is 30.9 Å². The van der Waals surface area contributed by atoms with Crippen LogP contribution in [0.2, 0.25) is 0 Å². The summed E-state index contributed by atoms with van der Waals surface area (Å²) in [5, 5.41) is 16.7. The summed E-state index contributed by atoms with van der Waals surface area (Å²) in [6.45, 7) is 4.98. The van der Waals surface area contributed by atoms with E-state index in [0.29, 0.717) is 50.7 Å². The quantitative estimate of drug-likeness (QED) is 0.292. The highest BCUT2D eigenvalue weighted by Crippen LogP contribution is 2.41. The molecule has 4 heterocycles. The van der Waals surface area contributed by atoms with Crippen molar-refractivity contribution in [3.05, 3.63) is 46.9 Å². The zero-order valence-corrected chi connectivity index (χ0v) is 22.6. The molecule has 3 aromatic heterocycles. The summed E-state index contributed by atoms with van der Waals surface area (Å²) >= 11 is 0.521. The van der Waals surface area contributed by atoms with Crippen molar-refractivity contribution in [1.29, 1.82) is 0 Å². The van der Waals surface area contributed by atoms with Crippen LogP contribution < -0.4 is 16.0 Å². The number of pyridine rings is 2. The van der Waals surface area contributed by atoms with E-state index in [4.69, 9.17) is 4.74 Å². The lowest BCUT2D eigenvalue weighted by molar-refractivity contribution is -0.141. The lowest BCUT2D eigenvalue weighted by Crippen LogP contribution is -2.41. The molecule has 1 saturated heterocycles. The van der Waals surface area contributed by atoms with Gasteiger partial charge in [-0.3, -0.25) is 20.0 Å². The highest BCUT2D eigenvalue weighted by Gasteiger charge is 2.40. The number of morpholine rings is 1. The number of urea groups is 1. The van der Waals surface area contributed by atoms with Crippen LogP contribution in [0.25, 0.3) is 21.7 Å². The van der Waals surface area contributed by atoms with Gasteiger partial charge in [0.2, 0.25) is 0 Å². The van der Waals surface area contributed by atoms with Gasteiger partial charge in [0.15, 0.2) is 5.69 Å². The number of ether oxygens (including phenoxy) is 1. The summed E-state index contributed by atoms with van der Waals surface area (Å²) < 4.78 is 47.4. The van der Waals surface area contributed by atoms with Gasteiger partial charge in [-0.05, 0) is 19.1 Å². The minimum Gasteiger partial charge on any atom is -0.478 e. The summed E-state index contributed by atoms with van der Waals surface area (Å²) in [5.74, 6) is -2.19. The molecule has 1 fully saturated rings. The van der Waals surface area contributed by atoms with Crippen molar-refractivity contribution >= 4 is 35.1 Å². The Morgan fingerprint density at radius 1 is 1.10 bits per heavy atom. The molecule has 41 heavy (non-hydrogen) atoms. The van der Waals surface area contributed by atoms with Crippen molar-refractivity contribution in [3.63, 3.8) is 0 Å². The maximum Gasteiger partial charge on any atom is 0.435 e. The first-order valence-electron chi connectivity index (χ1n) is 12.5. The first kappa shape index (κ1) is 29.8. The third-order valence-electron chi connectivity index (χ3n) is 5.93. The van der Waals surface area contributed by atoms with E-state index in [0.717, 1.165) is 6.20 Å². The smallest absolute Gasteiger partial charge is 0.435 e. The highest BCUT2D eigenvalue weighted by atomic mass is 32.1. The number of anilines is 1. The molecule has 0 saturated carbocycles. The number of aromatic nitrogens is 3. The SMILES string of the molecule is CCNC(=O)Nc1cc(-c2nc(C(F)(F)F)c(C(=O)NCCN3CCOCC3)s2)c(-c2cncc(C(=O)O)c2)cn1. The lowest BCUT2D eigenvalue weighted by Gasteiger charge is -2.26. The van der Waals surface area contributed by atoms with E-state index in [1.165, 1.54) is 24.5 Å². The Hall–Kier alpha value is -4.15. The topological polar surface area (TPSA) is 159 Å². The van der Waals surface area contributed by atoms with Crippen LogP contribution in [0.1, 0.15) is 32.6 Å². The van der Waals surface area contributed by atoms with Gasteiger partial charge in [-0.1, -0.05) is 0 Å².